The number of fused-ring (bicyclic) bond motifs is 2. The van der Waals surface area contributed by atoms with Gasteiger partial charge >= 0.3 is 0 Å². The number of pyridine rings is 1. The van der Waals surface area contributed by atoms with Crippen LogP contribution in [0.1, 0.15) is 46.1 Å². The molecule has 2 aromatic heterocycles. The van der Waals surface area contributed by atoms with Crippen LogP contribution >= 0.6 is 0 Å². The molecule has 2 N–H and O–H groups in total. The van der Waals surface area contributed by atoms with E-state index in [0.717, 1.165) is 37.1 Å². The first kappa shape index (κ1) is 19.0. The maximum Gasteiger partial charge on any atom is 0.287 e. The Balaban J connectivity index is 1.50. The number of hydrogen-bond donors (Lipinski definition) is 2. The third-order valence-electron chi connectivity index (χ3n) is 6.36. The summed E-state index contributed by atoms with van der Waals surface area (Å²) in [5, 5.41) is 6.67. The highest BCUT2D eigenvalue weighted by molar-refractivity contribution is 5.91. The number of aromatic nitrogens is 1. The molecular weight excluding hydrogens is 378 g/mol. The van der Waals surface area contributed by atoms with E-state index in [1.807, 2.05) is 24.4 Å². The van der Waals surface area contributed by atoms with Gasteiger partial charge in [0, 0.05) is 17.8 Å². The Bertz CT molecular complexity index is 998. The number of rotatable bonds is 5. The Kier molecular flexibility index (Phi) is 5.11. The molecule has 2 atom stereocenters. The van der Waals surface area contributed by atoms with Crippen LogP contribution in [0, 0.1) is 0 Å². The number of hydrogen-bond acceptors (Lipinski definition) is 5. The number of nitrogens with zero attached hydrogens (tertiary/aromatic N) is 1. The van der Waals surface area contributed by atoms with Gasteiger partial charge in [-0.05, 0) is 60.8 Å². The van der Waals surface area contributed by atoms with Gasteiger partial charge in [-0.25, -0.2) is 0 Å². The van der Waals surface area contributed by atoms with E-state index in [2.05, 4.69) is 33.8 Å². The van der Waals surface area contributed by atoms with Crippen molar-refractivity contribution >= 4 is 5.91 Å². The van der Waals surface area contributed by atoms with Crippen LogP contribution in [0.3, 0.4) is 0 Å². The van der Waals surface area contributed by atoms with Gasteiger partial charge in [-0.2, -0.15) is 0 Å². The Labute approximate surface area is 175 Å². The van der Waals surface area contributed by atoms with Crippen LogP contribution in [-0.4, -0.2) is 30.1 Å². The Hall–Kier alpha value is -2.96. The van der Waals surface area contributed by atoms with Crippen molar-refractivity contribution in [3.63, 3.8) is 0 Å². The normalized spacial score (nSPS) is 22.0. The molecule has 1 aliphatic heterocycles. The van der Waals surface area contributed by atoms with Crippen LogP contribution in [0.2, 0.25) is 0 Å². The molecule has 1 amide bonds. The highest BCUT2D eigenvalue weighted by Gasteiger charge is 2.53. The van der Waals surface area contributed by atoms with E-state index in [1.54, 1.807) is 18.3 Å². The second-order valence-electron chi connectivity index (χ2n) is 8.01. The van der Waals surface area contributed by atoms with Crippen molar-refractivity contribution in [1.29, 1.82) is 0 Å². The summed E-state index contributed by atoms with van der Waals surface area (Å²) in [6.07, 6.45) is 6.87. The summed E-state index contributed by atoms with van der Waals surface area (Å²) in [5.41, 5.74) is 3.31. The minimum atomic E-state index is -0.242. The molecule has 1 fully saturated rings. The van der Waals surface area contributed by atoms with E-state index in [9.17, 15) is 4.79 Å². The summed E-state index contributed by atoms with van der Waals surface area (Å²) in [6.45, 7) is 2.31. The molecule has 0 saturated carbocycles. The minimum Gasteiger partial charge on any atom is -0.459 e. The molecule has 6 nitrogen and oxygen atoms in total. The molecule has 154 valence electrons. The lowest BCUT2D eigenvalue weighted by atomic mass is 9.72. The van der Waals surface area contributed by atoms with Crippen molar-refractivity contribution in [2.24, 2.45) is 0 Å². The summed E-state index contributed by atoms with van der Waals surface area (Å²) in [7, 11) is 0. The third-order valence-corrected chi connectivity index (χ3v) is 6.36. The lowest BCUT2D eigenvalue weighted by Crippen LogP contribution is -2.49. The number of benzene rings is 1. The van der Waals surface area contributed by atoms with Gasteiger partial charge in [-0.15, -0.1) is 0 Å². The second-order valence-corrected chi connectivity index (χ2v) is 8.01. The first-order valence-corrected chi connectivity index (χ1v) is 10.4. The molecule has 1 spiro atoms. The molecule has 30 heavy (non-hydrogen) atoms. The highest BCUT2D eigenvalue weighted by atomic mass is 16.5. The maximum atomic E-state index is 12.9. The van der Waals surface area contributed by atoms with E-state index in [1.165, 1.54) is 11.8 Å². The number of nitrogens with one attached hydrogen (secondary N) is 2. The monoisotopic (exact) mass is 403 g/mol. The van der Waals surface area contributed by atoms with Gasteiger partial charge in [0.1, 0.15) is 0 Å². The van der Waals surface area contributed by atoms with E-state index in [4.69, 9.17) is 9.15 Å². The molecule has 0 radical (unpaired) electrons. The molecule has 0 unspecified atom stereocenters. The molecule has 6 heteroatoms. The fraction of sp³-hybridized carbons (Fsp3) is 0.333. The van der Waals surface area contributed by atoms with Crippen molar-refractivity contribution in [2.45, 2.75) is 37.0 Å². The van der Waals surface area contributed by atoms with Crippen LogP contribution in [0.25, 0.3) is 0 Å². The quantitative estimate of drug-likeness (QED) is 0.683. The minimum absolute atomic E-state index is 0.134. The predicted molar refractivity (Wildman–Crippen MR) is 112 cm³/mol. The topological polar surface area (TPSA) is 76.4 Å². The first-order chi connectivity index (χ1) is 14.8. The Morgan fingerprint density at radius 2 is 2.03 bits per heavy atom. The Morgan fingerprint density at radius 3 is 2.80 bits per heavy atom. The SMILES string of the molecule is O=C(N[C@H]1c2ccccc2C2(CCNCC2)[C@@H]1OCc1cccnc1)c1ccco1. The van der Waals surface area contributed by atoms with Crippen molar-refractivity contribution < 1.29 is 13.9 Å². The fourth-order valence-electron chi connectivity index (χ4n) is 4.98. The smallest absolute Gasteiger partial charge is 0.287 e. The van der Waals surface area contributed by atoms with Crippen molar-refractivity contribution in [3.05, 3.63) is 89.6 Å². The molecule has 1 saturated heterocycles. The number of ether oxygens (including phenoxy) is 1. The van der Waals surface area contributed by atoms with Gasteiger partial charge in [0.05, 0.1) is 25.0 Å². The molecule has 1 aromatic carbocycles. The van der Waals surface area contributed by atoms with Gasteiger partial charge in [0.25, 0.3) is 5.91 Å². The maximum absolute atomic E-state index is 12.9. The lowest BCUT2D eigenvalue weighted by molar-refractivity contribution is -0.0364. The highest BCUT2D eigenvalue weighted by Crippen LogP contribution is 2.51. The predicted octanol–water partition coefficient (Wildman–Crippen LogP) is 3.37. The van der Waals surface area contributed by atoms with Crippen LogP contribution in [0.4, 0.5) is 0 Å². The van der Waals surface area contributed by atoms with Crippen molar-refractivity contribution in [1.82, 2.24) is 15.6 Å². The molecule has 3 aromatic rings. The molecule has 2 aliphatic rings. The molecular formula is C24H25N3O3. The summed E-state index contributed by atoms with van der Waals surface area (Å²) in [6, 6.07) is 15.5. The van der Waals surface area contributed by atoms with Crippen molar-refractivity contribution in [2.75, 3.05) is 13.1 Å². The number of furan rings is 1. The lowest BCUT2D eigenvalue weighted by Gasteiger charge is -2.41. The van der Waals surface area contributed by atoms with Gasteiger partial charge in [-0.3, -0.25) is 9.78 Å². The van der Waals surface area contributed by atoms with E-state index >= 15 is 0 Å². The molecule has 0 bridgehead atoms. The average molecular weight is 403 g/mol. The number of carbonyl (C=O) groups excluding carboxylic acids is 1. The van der Waals surface area contributed by atoms with E-state index < -0.39 is 0 Å². The van der Waals surface area contributed by atoms with Crippen LogP contribution in [0.5, 0.6) is 0 Å². The molecule has 3 heterocycles. The second kappa shape index (κ2) is 8.05. The standard InChI is InChI=1S/C24H25N3O3/c28-23(20-8-4-14-29-20)27-21-18-6-1-2-7-19(18)24(9-12-25-13-10-24)22(21)30-16-17-5-3-11-26-15-17/h1-8,11,14-15,21-22,25H,9-10,12-13,16H2,(H,27,28)/t21-,22+/m0/s1. The molecule has 5 rings (SSSR count). The number of amides is 1. The van der Waals surface area contributed by atoms with Crippen LogP contribution in [0.15, 0.2) is 71.6 Å². The largest absolute Gasteiger partial charge is 0.459 e. The number of carbonyl (C=O) groups is 1. The summed E-state index contributed by atoms with van der Waals surface area (Å²) < 4.78 is 11.9. The zero-order valence-electron chi connectivity index (χ0n) is 16.7. The molecule has 1 aliphatic carbocycles. The van der Waals surface area contributed by atoms with Crippen LogP contribution < -0.4 is 10.6 Å². The Morgan fingerprint density at radius 1 is 1.17 bits per heavy atom. The van der Waals surface area contributed by atoms with E-state index in [-0.39, 0.29) is 23.5 Å². The summed E-state index contributed by atoms with van der Waals surface area (Å²) in [4.78, 5) is 17.1. The first-order valence-electron chi connectivity index (χ1n) is 10.4. The zero-order chi connectivity index (χ0) is 20.4. The van der Waals surface area contributed by atoms with E-state index in [0.29, 0.717) is 12.4 Å². The van der Waals surface area contributed by atoms with Gasteiger partial charge in [-0.1, -0.05) is 30.3 Å². The fourth-order valence-corrected chi connectivity index (χ4v) is 4.98. The van der Waals surface area contributed by atoms with Crippen molar-refractivity contribution in [3.8, 4) is 0 Å². The van der Waals surface area contributed by atoms with Gasteiger partial charge in [0.15, 0.2) is 5.76 Å². The summed E-state index contributed by atoms with van der Waals surface area (Å²) in [5.74, 6) is 0.0884. The number of piperidine rings is 1. The zero-order valence-corrected chi connectivity index (χ0v) is 16.7. The third kappa shape index (κ3) is 3.32. The van der Waals surface area contributed by atoms with Gasteiger partial charge in [0.2, 0.25) is 0 Å². The van der Waals surface area contributed by atoms with Crippen LogP contribution in [-0.2, 0) is 16.8 Å². The van der Waals surface area contributed by atoms with Gasteiger partial charge < -0.3 is 19.8 Å². The average Bonchev–Trinajstić information content (AvgIpc) is 3.41. The summed E-state index contributed by atoms with van der Waals surface area (Å²) >= 11 is 0.